The molecular formula is C14H27N3O3. The molecule has 20 heavy (non-hydrogen) atoms. The van der Waals surface area contributed by atoms with Gasteiger partial charge in [0.15, 0.2) is 0 Å². The van der Waals surface area contributed by atoms with Crippen LogP contribution in [-0.2, 0) is 9.53 Å². The second-order valence-corrected chi connectivity index (χ2v) is 6.12. The molecule has 1 heterocycles. The van der Waals surface area contributed by atoms with Crippen LogP contribution in [0.5, 0.6) is 0 Å². The molecule has 1 fully saturated rings. The van der Waals surface area contributed by atoms with Crippen molar-refractivity contribution >= 4 is 12.0 Å². The lowest BCUT2D eigenvalue weighted by molar-refractivity contribution is -0.124. The predicted octanol–water partition coefficient (Wildman–Crippen LogP) is 1.02. The normalized spacial score (nSPS) is 18.6. The van der Waals surface area contributed by atoms with Crippen molar-refractivity contribution < 1.29 is 14.3 Å². The van der Waals surface area contributed by atoms with Gasteiger partial charge in [-0.25, -0.2) is 4.79 Å². The summed E-state index contributed by atoms with van der Waals surface area (Å²) in [5.41, 5.74) is -0.465. The number of unbranched alkanes of at least 4 members (excludes halogenated alkanes) is 1. The van der Waals surface area contributed by atoms with E-state index in [0.29, 0.717) is 13.1 Å². The fourth-order valence-corrected chi connectivity index (χ4v) is 1.99. The second kappa shape index (κ2) is 8.09. The Hall–Kier alpha value is -1.30. The third kappa shape index (κ3) is 7.33. The lowest BCUT2D eigenvalue weighted by Crippen LogP contribution is -2.34. The minimum Gasteiger partial charge on any atom is -0.444 e. The van der Waals surface area contributed by atoms with E-state index in [0.717, 1.165) is 32.4 Å². The summed E-state index contributed by atoms with van der Waals surface area (Å²) in [6.45, 7) is 8.44. The van der Waals surface area contributed by atoms with Gasteiger partial charge in [-0.15, -0.1) is 0 Å². The second-order valence-electron chi connectivity index (χ2n) is 6.12. The van der Waals surface area contributed by atoms with Crippen LogP contribution in [0.15, 0.2) is 0 Å². The first-order chi connectivity index (χ1) is 9.38. The molecule has 6 heteroatoms. The molecule has 116 valence electrons. The minimum absolute atomic E-state index is 0.120. The third-order valence-corrected chi connectivity index (χ3v) is 3.00. The maximum atomic E-state index is 11.7. The summed E-state index contributed by atoms with van der Waals surface area (Å²) in [4.78, 5) is 23.1. The Bertz CT molecular complexity index is 320. The molecule has 1 rings (SSSR count). The van der Waals surface area contributed by atoms with Crippen LogP contribution in [0.25, 0.3) is 0 Å². The molecule has 0 saturated carbocycles. The van der Waals surface area contributed by atoms with Crippen LogP contribution in [0.2, 0.25) is 0 Å². The first kappa shape index (κ1) is 16.8. The van der Waals surface area contributed by atoms with Gasteiger partial charge in [0.05, 0.1) is 5.92 Å². The molecule has 1 aliphatic rings. The molecule has 6 nitrogen and oxygen atoms in total. The van der Waals surface area contributed by atoms with Crippen molar-refractivity contribution in [3.8, 4) is 0 Å². The largest absolute Gasteiger partial charge is 0.444 e. The topological polar surface area (TPSA) is 79.5 Å². The first-order valence-corrected chi connectivity index (χ1v) is 7.34. The average molecular weight is 285 g/mol. The number of amides is 2. The van der Waals surface area contributed by atoms with Gasteiger partial charge in [0.1, 0.15) is 5.60 Å². The molecule has 1 unspecified atom stereocenters. The predicted molar refractivity (Wildman–Crippen MR) is 77.5 cm³/mol. The Morgan fingerprint density at radius 1 is 1.20 bits per heavy atom. The zero-order valence-electron chi connectivity index (χ0n) is 12.8. The van der Waals surface area contributed by atoms with E-state index >= 15 is 0 Å². The summed E-state index contributed by atoms with van der Waals surface area (Å²) in [5.74, 6) is 0.255. The fourth-order valence-electron chi connectivity index (χ4n) is 1.99. The number of hydrogen-bond acceptors (Lipinski definition) is 4. The van der Waals surface area contributed by atoms with Crippen LogP contribution in [0, 0.1) is 5.92 Å². The molecule has 1 atom stereocenters. The van der Waals surface area contributed by atoms with Crippen LogP contribution in [-0.4, -0.2) is 43.8 Å². The summed E-state index contributed by atoms with van der Waals surface area (Å²) in [6.07, 6.45) is 2.20. The lowest BCUT2D eigenvalue weighted by Gasteiger charge is -2.19. The summed E-state index contributed by atoms with van der Waals surface area (Å²) < 4.78 is 5.12. The standard InChI is InChI=1S/C14H27N3O3/c1-14(2,3)20-13(19)17-8-5-4-7-16-12(18)11-6-9-15-10-11/h11,15H,4-10H2,1-3H3,(H,16,18)(H,17,19). The first-order valence-electron chi connectivity index (χ1n) is 7.34. The van der Waals surface area contributed by atoms with E-state index < -0.39 is 11.7 Å². The maximum Gasteiger partial charge on any atom is 0.407 e. The van der Waals surface area contributed by atoms with Crippen LogP contribution in [0.1, 0.15) is 40.0 Å². The van der Waals surface area contributed by atoms with Crippen molar-refractivity contribution in [1.82, 2.24) is 16.0 Å². The van der Waals surface area contributed by atoms with E-state index in [1.165, 1.54) is 0 Å². The Kier molecular flexibility index (Phi) is 6.78. The average Bonchev–Trinajstić information content (AvgIpc) is 2.84. The van der Waals surface area contributed by atoms with Gasteiger partial charge in [-0.05, 0) is 46.6 Å². The van der Waals surface area contributed by atoms with E-state index in [9.17, 15) is 9.59 Å². The third-order valence-electron chi connectivity index (χ3n) is 3.00. The Balaban J connectivity index is 1.97. The number of alkyl carbamates (subject to hydrolysis) is 1. The highest BCUT2D eigenvalue weighted by atomic mass is 16.6. The van der Waals surface area contributed by atoms with E-state index in [2.05, 4.69) is 16.0 Å². The molecule has 0 bridgehead atoms. The van der Waals surface area contributed by atoms with Crippen LogP contribution >= 0.6 is 0 Å². The van der Waals surface area contributed by atoms with Gasteiger partial charge in [-0.1, -0.05) is 0 Å². The van der Waals surface area contributed by atoms with Gasteiger partial charge in [0.25, 0.3) is 0 Å². The van der Waals surface area contributed by atoms with Gasteiger partial charge in [0, 0.05) is 19.6 Å². The number of nitrogens with one attached hydrogen (secondary N) is 3. The van der Waals surface area contributed by atoms with Crippen molar-refractivity contribution in [1.29, 1.82) is 0 Å². The molecule has 0 aliphatic carbocycles. The Labute approximate surface area is 121 Å². The molecule has 1 aliphatic heterocycles. The zero-order chi connectivity index (χ0) is 15.0. The fraction of sp³-hybridized carbons (Fsp3) is 0.857. The van der Waals surface area contributed by atoms with E-state index in [4.69, 9.17) is 4.74 Å². The molecular weight excluding hydrogens is 258 g/mol. The van der Waals surface area contributed by atoms with E-state index in [1.807, 2.05) is 20.8 Å². The SMILES string of the molecule is CC(C)(C)OC(=O)NCCCCNC(=O)C1CCNC1. The zero-order valence-corrected chi connectivity index (χ0v) is 12.8. The van der Waals surface area contributed by atoms with Crippen molar-refractivity contribution in [2.75, 3.05) is 26.2 Å². The molecule has 0 radical (unpaired) electrons. The van der Waals surface area contributed by atoms with Gasteiger partial charge in [-0.2, -0.15) is 0 Å². The van der Waals surface area contributed by atoms with Crippen LogP contribution in [0.4, 0.5) is 4.79 Å². The van der Waals surface area contributed by atoms with Crippen LogP contribution < -0.4 is 16.0 Å². The minimum atomic E-state index is -0.465. The van der Waals surface area contributed by atoms with Crippen molar-refractivity contribution in [3.05, 3.63) is 0 Å². The van der Waals surface area contributed by atoms with Gasteiger partial charge in [0.2, 0.25) is 5.91 Å². The molecule has 2 amide bonds. The number of rotatable bonds is 6. The molecule has 0 aromatic carbocycles. The van der Waals surface area contributed by atoms with Gasteiger partial charge < -0.3 is 20.7 Å². The maximum absolute atomic E-state index is 11.7. The molecule has 1 saturated heterocycles. The smallest absolute Gasteiger partial charge is 0.407 e. The molecule has 0 aromatic rings. The van der Waals surface area contributed by atoms with Crippen molar-refractivity contribution in [2.45, 2.75) is 45.6 Å². The van der Waals surface area contributed by atoms with E-state index in [-0.39, 0.29) is 11.8 Å². The lowest BCUT2D eigenvalue weighted by atomic mass is 10.1. The van der Waals surface area contributed by atoms with Crippen molar-refractivity contribution in [2.24, 2.45) is 5.92 Å². The number of carbonyl (C=O) groups excluding carboxylic acids is 2. The quantitative estimate of drug-likeness (QED) is 0.637. The summed E-state index contributed by atoms with van der Waals surface area (Å²) in [7, 11) is 0. The highest BCUT2D eigenvalue weighted by Crippen LogP contribution is 2.07. The molecule has 0 spiro atoms. The Morgan fingerprint density at radius 2 is 1.85 bits per heavy atom. The van der Waals surface area contributed by atoms with Crippen molar-refractivity contribution in [3.63, 3.8) is 0 Å². The Morgan fingerprint density at radius 3 is 2.40 bits per heavy atom. The van der Waals surface area contributed by atoms with Gasteiger partial charge >= 0.3 is 6.09 Å². The number of hydrogen-bond donors (Lipinski definition) is 3. The molecule has 0 aromatic heterocycles. The van der Waals surface area contributed by atoms with E-state index in [1.54, 1.807) is 0 Å². The number of carbonyl (C=O) groups is 2. The highest BCUT2D eigenvalue weighted by Gasteiger charge is 2.21. The number of ether oxygens (including phenoxy) is 1. The summed E-state index contributed by atoms with van der Waals surface area (Å²) in [6, 6.07) is 0. The molecule has 3 N–H and O–H groups in total. The highest BCUT2D eigenvalue weighted by molar-refractivity contribution is 5.79. The van der Waals surface area contributed by atoms with Gasteiger partial charge in [-0.3, -0.25) is 4.79 Å². The van der Waals surface area contributed by atoms with Crippen LogP contribution in [0.3, 0.4) is 0 Å². The summed E-state index contributed by atoms with van der Waals surface area (Å²) >= 11 is 0. The summed E-state index contributed by atoms with van der Waals surface area (Å²) in [5, 5.41) is 8.80. The monoisotopic (exact) mass is 285 g/mol.